The Bertz CT molecular complexity index is 714. The molecule has 0 saturated carbocycles. The van der Waals surface area contributed by atoms with Gasteiger partial charge in [-0.05, 0) is 49.1 Å². The van der Waals surface area contributed by atoms with Gasteiger partial charge in [0, 0.05) is 25.8 Å². The summed E-state index contributed by atoms with van der Waals surface area (Å²) in [5, 5.41) is 0. The molecule has 0 N–H and O–H groups in total. The lowest BCUT2D eigenvalue weighted by atomic mass is 9.95. The van der Waals surface area contributed by atoms with Crippen LogP contribution in [0.2, 0.25) is 0 Å². The smallest absolute Gasteiger partial charge is 0.253 e. The van der Waals surface area contributed by atoms with Gasteiger partial charge in [-0.3, -0.25) is 4.79 Å². The van der Waals surface area contributed by atoms with Crippen molar-refractivity contribution in [2.75, 3.05) is 20.2 Å². The van der Waals surface area contributed by atoms with Crippen molar-refractivity contribution in [1.82, 2.24) is 4.90 Å². The molecule has 2 aromatic carbocycles. The van der Waals surface area contributed by atoms with Gasteiger partial charge >= 0.3 is 0 Å². The minimum Gasteiger partial charge on any atom is -0.486 e. The van der Waals surface area contributed by atoms with E-state index in [0.29, 0.717) is 18.0 Å². The van der Waals surface area contributed by atoms with Crippen LogP contribution in [0, 0.1) is 5.92 Å². The lowest BCUT2D eigenvalue weighted by molar-refractivity contribution is -0.00156. The van der Waals surface area contributed by atoms with Gasteiger partial charge in [0.15, 0.2) is 0 Å². The van der Waals surface area contributed by atoms with Crippen molar-refractivity contribution in [3.63, 3.8) is 0 Å². The first-order chi connectivity index (χ1) is 12.6. The molecule has 4 nitrogen and oxygen atoms in total. The number of rotatable bonds is 5. The van der Waals surface area contributed by atoms with Crippen molar-refractivity contribution >= 4 is 5.91 Å². The molecule has 3 unspecified atom stereocenters. The fourth-order valence-electron chi connectivity index (χ4n) is 3.38. The van der Waals surface area contributed by atoms with E-state index in [4.69, 9.17) is 9.47 Å². The largest absolute Gasteiger partial charge is 0.486 e. The van der Waals surface area contributed by atoms with Crippen LogP contribution in [0.15, 0.2) is 54.6 Å². The van der Waals surface area contributed by atoms with Crippen LogP contribution in [0.4, 0.5) is 0 Å². The van der Waals surface area contributed by atoms with Crippen LogP contribution in [0.5, 0.6) is 5.75 Å². The predicted molar refractivity (Wildman–Crippen MR) is 102 cm³/mol. The number of carbonyl (C=O) groups excluding carboxylic acids is 1. The number of piperidine rings is 1. The maximum Gasteiger partial charge on any atom is 0.253 e. The van der Waals surface area contributed by atoms with Crippen LogP contribution < -0.4 is 4.74 Å². The summed E-state index contributed by atoms with van der Waals surface area (Å²) < 4.78 is 11.5. The number of amides is 1. The van der Waals surface area contributed by atoms with E-state index in [9.17, 15) is 4.79 Å². The topological polar surface area (TPSA) is 38.8 Å². The number of hydrogen-bond donors (Lipinski definition) is 0. The van der Waals surface area contributed by atoms with Crippen molar-refractivity contribution in [1.29, 1.82) is 0 Å². The summed E-state index contributed by atoms with van der Waals surface area (Å²) in [6, 6.07) is 17.5. The summed E-state index contributed by atoms with van der Waals surface area (Å²) in [6.45, 7) is 5.63. The molecule has 1 saturated heterocycles. The van der Waals surface area contributed by atoms with Gasteiger partial charge in [0.2, 0.25) is 0 Å². The van der Waals surface area contributed by atoms with E-state index >= 15 is 0 Å². The van der Waals surface area contributed by atoms with E-state index in [2.05, 4.69) is 6.92 Å². The third-order valence-corrected chi connectivity index (χ3v) is 5.16. The first kappa shape index (κ1) is 18.5. The van der Waals surface area contributed by atoms with Gasteiger partial charge in [-0.25, -0.2) is 0 Å². The highest BCUT2D eigenvalue weighted by Crippen LogP contribution is 2.24. The van der Waals surface area contributed by atoms with Gasteiger partial charge in [0.25, 0.3) is 5.91 Å². The number of benzene rings is 2. The van der Waals surface area contributed by atoms with E-state index in [1.165, 1.54) is 0 Å². The SMILES string of the molecule is COC1CN(C(=O)c2ccc(OC(C)c3ccccc3)cc2)CCC1C. The van der Waals surface area contributed by atoms with E-state index in [-0.39, 0.29) is 18.1 Å². The van der Waals surface area contributed by atoms with E-state index in [0.717, 1.165) is 24.3 Å². The van der Waals surface area contributed by atoms with Gasteiger partial charge in [-0.2, -0.15) is 0 Å². The second-order valence-electron chi connectivity index (χ2n) is 6.99. The van der Waals surface area contributed by atoms with Crippen molar-refractivity contribution in [3.8, 4) is 5.75 Å². The highest BCUT2D eigenvalue weighted by Gasteiger charge is 2.29. The van der Waals surface area contributed by atoms with E-state index in [1.54, 1.807) is 7.11 Å². The van der Waals surface area contributed by atoms with Gasteiger partial charge in [-0.15, -0.1) is 0 Å². The molecule has 0 bridgehead atoms. The third-order valence-electron chi connectivity index (χ3n) is 5.16. The molecule has 0 aromatic heterocycles. The van der Waals surface area contributed by atoms with Gasteiger partial charge in [0.05, 0.1) is 6.10 Å². The molecule has 1 amide bonds. The van der Waals surface area contributed by atoms with Crippen LogP contribution in [-0.4, -0.2) is 37.1 Å². The van der Waals surface area contributed by atoms with E-state index in [1.807, 2.05) is 66.4 Å². The molecule has 0 spiro atoms. The maximum absolute atomic E-state index is 12.8. The second kappa shape index (κ2) is 8.37. The molecule has 138 valence electrons. The first-order valence-corrected chi connectivity index (χ1v) is 9.22. The minimum atomic E-state index is -0.0382. The summed E-state index contributed by atoms with van der Waals surface area (Å²) in [4.78, 5) is 14.6. The third kappa shape index (κ3) is 4.25. The van der Waals surface area contributed by atoms with Crippen molar-refractivity contribution in [3.05, 3.63) is 65.7 Å². The minimum absolute atomic E-state index is 0.0382. The average Bonchev–Trinajstić information content (AvgIpc) is 2.69. The Hall–Kier alpha value is -2.33. The number of likely N-dealkylation sites (tertiary alicyclic amines) is 1. The molecule has 1 fully saturated rings. The number of hydrogen-bond acceptors (Lipinski definition) is 3. The van der Waals surface area contributed by atoms with Gasteiger partial charge < -0.3 is 14.4 Å². The lowest BCUT2D eigenvalue weighted by Crippen LogP contribution is -2.46. The average molecular weight is 353 g/mol. The summed E-state index contributed by atoms with van der Waals surface area (Å²) >= 11 is 0. The monoisotopic (exact) mass is 353 g/mol. The molecule has 26 heavy (non-hydrogen) atoms. The Morgan fingerprint density at radius 3 is 2.46 bits per heavy atom. The van der Waals surface area contributed by atoms with Crippen molar-refractivity contribution < 1.29 is 14.3 Å². The molecular formula is C22H27NO3. The van der Waals surface area contributed by atoms with Crippen LogP contribution >= 0.6 is 0 Å². The molecule has 3 rings (SSSR count). The number of carbonyl (C=O) groups is 1. The highest BCUT2D eigenvalue weighted by atomic mass is 16.5. The van der Waals surface area contributed by atoms with E-state index < -0.39 is 0 Å². The quantitative estimate of drug-likeness (QED) is 0.803. The fourth-order valence-corrected chi connectivity index (χ4v) is 3.38. The standard InChI is InChI=1S/C22H27NO3/c1-16-13-14-23(15-21(16)25-3)22(24)19-9-11-20(12-10-19)26-17(2)18-7-5-4-6-8-18/h4-12,16-17,21H,13-15H2,1-3H3. The Morgan fingerprint density at radius 1 is 1.12 bits per heavy atom. The van der Waals surface area contributed by atoms with Crippen LogP contribution in [0.25, 0.3) is 0 Å². The molecule has 2 aromatic rings. The van der Waals surface area contributed by atoms with Crippen molar-refractivity contribution in [2.24, 2.45) is 5.92 Å². The fraction of sp³-hybridized carbons (Fsp3) is 0.409. The molecule has 1 aliphatic heterocycles. The van der Waals surface area contributed by atoms with Crippen LogP contribution in [-0.2, 0) is 4.74 Å². The van der Waals surface area contributed by atoms with Gasteiger partial charge in [-0.1, -0.05) is 37.3 Å². The first-order valence-electron chi connectivity index (χ1n) is 9.22. The zero-order chi connectivity index (χ0) is 18.5. The molecule has 3 atom stereocenters. The maximum atomic E-state index is 12.8. The number of nitrogens with zero attached hydrogens (tertiary/aromatic N) is 1. The van der Waals surface area contributed by atoms with Crippen LogP contribution in [0.1, 0.15) is 42.3 Å². The lowest BCUT2D eigenvalue weighted by Gasteiger charge is -2.36. The second-order valence-corrected chi connectivity index (χ2v) is 6.99. The van der Waals surface area contributed by atoms with Gasteiger partial charge in [0.1, 0.15) is 11.9 Å². The summed E-state index contributed by atoms with van der Waals surface area (Å²) in [5.74, 6) is 1.31. The Morgan fingerprint density at radius 2 is 1.81 bits per heavy atom. The predicted octanol–water partition coefficient (Wildman–Crippen LogP) is 4.32. The Balaban J connectivity index is 1.63. The zero-order valence-corrected chi connectivity index (χ0v) is 15.7. The van der Waals surface area contributed by atoms with Crippen molar-refractivity contribution in [2.45, 2.75) is 32.5 Å². The zero-order valence-electron chi connectivity index (χ0n) is 15.7. The summed E-state index contributed by atoms with van der Waals surface area (Å²) in [7, 11) is 1.72. The van der Waals surface area contributed by atoms with Crippen LogP contribution in [0.3, 0.4) is 0 Å². The number of ether oxygens (including phenoxy) is 2. The summed E-state index contributed by atoms with van der Waals surface area (Å²) in [5.41, 5.74) is 1.81. The Labute approximate surface area is 155 Å². The molecule has 0 radical (unpaired) electrons. The molecule has 1 aliphatic rings. The molecule has 0 aliphatic carbocycles. The Kier molecular flexibility index (Phi) is 5.94. The summed E-state index contributed by atoms with van der Waals surface area (Å²) in [6.07, 6.45) is 1.05. The number of methoxy groups -OCH3 is 1. The molecule has 1 heterocycles. The normalized spacial score (nSPS) is 21.3. The highest BCUT2D eigenvalue weighted by molar-refractivity contribution is 5.94. The molecular weight excluding hydrogens is 326 g/mol. The molecule has 4 heteroatoms.